The van der Waals surface area contributed by atoms with Gasteiger partial charge < -0.3 is 10.2 Å². The molecule has 3 heterocycles. The molecule has 2 atom stereocenters. The first kappa shape index (κ1) is 16.4. The van der Waals surface area contributed by atoms with Crippen LogP contribution in [0.15, 0.2) is 6.20 Å². The second-order valence-electron chi connectivity index (χ2n) is 7.04. The zero-order valence-electron chi connectivity index (χ0n) is 14.4. The number of rotatable bonds is 4. The smallest absolute Gasteiger partial charge is 0.276 e. The van der Waals surface area contributed by atoms with Crippen LogP contribution in [0.25, 0.3) is 0 Å². The van der Waals surface area contributed by atoms with Crippen LogP contribution in [0.3, 0.4) is 0 Å². The zero-order valence-corrected chi connectivity index (χ0v) is 14.4. The summed E-state index contributed by atoms with van der Waals surface area (Å²) in [7, 11) is 0. The van der Waals surface area contributed by atoms with Gasteiger partial charge in [0.2, 0.25) is 0 Å². The summed E-state index contributed by atoms with van der Waals surface area (Å²) in [4.78, 5) is 15.0. The Morgan fingerprint density at radius 2 is 2.13 bits per heavy atom. The molecular formula is C17H29N5O. The van der Waals surface area contributed by atoms with E-state index in [1.165, 1.54) is 6.42 Å². The second kappa shape index (κ2) is 7.43. The van der Waals surface area contributed by atoms with Crippen molar-refractivity contribution in [2.75, 3.05) is 19.6 Å². The fourth-order valence-electron chi connectivity index (χ4n) is 4.01. The van der Waals surface area contributed by atoms with Gasteiger partial charge in [0.05, 0.1) is 12.2 Å². The predicted molar refractivity (Wildman–Crippen MR) is 89.3 cm³/mol. The monoisotopic (exact) mass is 319 g/mol. The van der Waals surface area contributed by atoms with Crippen molar-refractivity contribution in [1.82, 2.24) is 25.2 Å². The maximum absolute atomic E-state index is 12.9. The Morgan fingerprint density at radius 1 is 1.35 bits per heavy atom. The minimum Gasteiger partial charge on any atom is -0.334 e. The highest BCUT2D eigenvalue weighted by atomic mass is 16.2. The van der Waals surface area contributed by atoms with Crippen molar-refractivity contribution in [2.45, 2.75) is 64.5 Å². The molecule has 1 aromatic heterocycles. The van der Waals surface area contributed by atoms with E-state index < -0.39 is 0 Å². The number of carbonyl (C=O) groups is 1. The molecule has 1 N–H and O–H groups in total. The molecule has 0 bridgehead atoms. The number of amides is 1. The van der Waals surface area contributed by atoms with E-state index in [1.54, 1.807) is 0 Å². The van der Waals surface area contributed by atoms with Crippen molar-refractivity contribution in [3.8, 4) is 0 Å². The van der Waals surface area contributed by atoms with E-state index in [-0.39, 0.29) is 5.91 Å². The number of hydrogen-bond acceptors (Lipinski definition) is 4. The number of aromatic nitrogens is 3. The lowest BCUT2D eigenvalue weighted by Crippen LogP contribution is -2.47. The van der Waals surface area contributed by atoms with Gasteiger partial charge in [0.15, 0.2) is 5.69 Å². The highest BCUT2D eigenvalue weighted by molar-refractivity contribution is 5.92. The van der Waals surface area contributed by atoms with Crippen molar-refractivity contribution in [1.29, 1.82) is 0 Å². The summed E-state index contributed by atoms with van der Waals surface area (Å²) >= 11 is 0. The second-order valence-corrected chi connectivity index (χ2v) is 7.04. The third-order valence-corrected chi connectivity index (χ3v) is 5.37. The summed E-state index contributed by atoms with van der Waals surface area (Å²) in [5.74, 6) is 0.641. The minimum atomic E-state index is 0.0650. The molecule has 6 heteroatoms. The Balaban J connectivity index is 1.72. The molecular weight excluding hydrogens is 290 g/mol. The van der Waals surface area contributed by atoms with Crippen molar-refractivity contribution in [2.24, 2.45) is 5.92 Å². The molecule has 23 heavy (non-hydrogen) atoms. The molecule has 2 saturated heterocycles. The summed E-state index contributed by atoms with van der Waals surface area (Å²) in [6, 6.07) is 0.724. The minimum absolute atomic E-state index is 0.0650. The van der Waals surface area contributed by atoms with Gasteiger partial charge in [0.25, 0.3) is 5.91 Å². The van der Waals surface area contributed by atoms with Gasteiger partial charge in [-0.05, 0) is 51.1 Å². The third-order valence-electron chi connectivity index (χ3n) is 5.37. The SMILES string of the molecule is CCCC1C(C)CCCN1C(=O)c1cn(C2CCNCC2)nn1. The number of nitrogens with zero attached hydrogens (tertiary/aromatic N) is 4. The number of nitrogens with one attached hydrogen (secondary N) is 1. The van der Waals surface area contributed by atoms with Gasteiger partial charge >= 0.3 is 0 Å². The Bertz CT molecular complexity index is 523. The Kier molecular flexibility index (Phi) is 5.30. The van der Waals surface area contributed by atoms with Crippen LogP contribution in [0.4, 0.5) is 0 Å². The Labute approximate surface area is 138 Å². The van der Waals surface area contributed by atoms with E-state index in [0.29, 0.717) is 23.7 Å². The maximum atomic E-state index is 12.9. The van der Waals surface area contributed by atoms with E-state index in [9.17, 15) is 4.79 Å². The molecule has 1 amide bonds. The molecule has 2 aliphatic rings. The molecule has 3 rings (SSSR count). The van der Waals surface area contributed by atoms with E-state index >= 15 is 0 Å². The standard InChI is InChI=1S/C17H29N5O/c1-3-5-16-13(2)6-4-11-21(16)17(23)15-12-22(20-19-15)14-7-9-18-10-8-14/h12-14,16,18H,3-11H2,1-2H3. The van der Waals surface area contributed by atoms with E-state index in [0.717, 1.165) is 51.7 Å². The van der Waals surface area contributed by atoms with Crippen molar-refractivity contribution in [3.05, 3.63) is 11.9 Å². The highest BCUT2D eigenvalue weighted by Gasteiger charge is 2.33. The first-order valence-electron chi connectivity index (χ1n) is 9.14. The van der Waals surface area contributed by atoms with Crippen molar-refractivity contribution in [3.63, 3.8) is 0 Å². The topological polar surface area (TPSA) is 63.1 Å². The van der Waals surface area contributed by atoms with Gasteiger partial charge in [-0.3, -0.25) is 4.79 Å². The van der Waals surface area contributed by atoms with Crippen LogP contribution >= 0.6 is 0 Å². The summed E-state index contributed by atoms with van der Waals surface area (Å²) in [5, 5.41) is 11.8. The predicted octanol–water partition coefficient (Wildman–Crippen LogP) is 2.24. The molecule has 1 aromatic rings. The van der Waals surface area contributed by atoms with Gasteiger partial charge in [0, 0.05) is 12.6 Å². The first-order chi connectivity index (χ1) is 11.2. The maximum Gasteiger partial charge on any atom is 0.276 e. The summed E-state index contributed by atoms with van der Waals surface area (Å²) in [5.41, 5.74) is 0.513. The molecule has 0 saturated carbocycles. The van der Waals surface area contributed by atoms with Crippen LogP contribution in [0.5, 0.6) is 0 Å². The van der Waals surface area contributed by atoms with Crippen LogP contribution in [0.2, 0.25) is 0 Å². The highest BCUT2D eigenvalue weighted by Crippen LogP contribution is 2.28. The normalized spacial score (nSPS) is 26.4. The first-order valence-corrected chi connectivity index (χ1v) is 9.14. The molecule has 6 nitrogen and oxygen atoms in total. The van der Waals surface area contributed by atoms with Gasteiger partial charge in [-0.25, -0.2) is 4.68 Å². The summed E-state index contributed by atoms with van der Waals surface area (Å²) in [6.07, 6.45) is 8.47. The molecule has 0 spiro atoms. The Morgan fingerprint density at radius 3 is 2.87 bits per heavy atom. The lowest BCUT2D eigenvalue weighted by Gasteiger charge is -2.39. The zero-order chi connectivity index (χ0) is 16.2. The molecule has 0 radical (unpaired) electrons. The molecule has 0 aromatic carbocycles. The van der Waals surface area contributed by atoms with Gasteiger partial charge in [-0.2, -0.15) is 0 Å². The van der Waals surface area contributed by atoms with Crippen LogP contribution in [0, 0.1) is 5.92 Å². The molecule has 128 valence electrons. The average Bonchev–Trinajstić information content (AvgIpc) is 3.07. The summed E-state index contributed by atoms with van der Waals surface area (Å²) < 4.78 is 1.90. The molecule has 2 aliphatic heterocycles. The van der Waals surface area contributed by atoms with Crippen LogP contribution in [0.1, 0.15) is 68.9 Å². The average molecular weight is 319 g/mol. The van der Waals surface area contributed by atoms with E-state index in [1.807, 2.05) is 10.9 Å². The van der Waals surface area contributed by atoms with Gasteiger partial charge in [0.1, 0.15) is 0 Å². The number of carbonyl (C=O) groups excluding carboxylic acids is 1. The summed E-state index contributed by atoms with van der Waals surface area (Å²) in [6.45, 7) is 7.34. The van der Waals surface area contributed by atoms with Crippen LogP contribution in [-0.2, 0) is 0 Å². The van der Waals surface area contributed by atoms with Crippen molar-refractivity contribution >= 4 is 5.91 Å². The van der Waals surface area contributed by atoms with Crippen LogP contribution < -0.4 is 5.32 Å². The lowest BCUT2D eigenvalue weighted by molar-refractivity contribution is 0.0491. The fourth-order valence-corrected chi connectivity index (χ4v) is 4.01. The number of hydrogen-bond donors (Lipinski definition) is 1. The van der Waals surface area contributed by atoms with E-state index in [2.05, 4.69) is 34.4 Å². The number of likely N-dealkylation sites (tertiary alicyclic amines) is 1. The van der Waals surface area contributed by atoms with E-state index in [4.69, 9.17) is 0 Å². The molecule has 2 unspecified atom stereocenters. The van der Waals surface area contributed by atoms with Crippen molar-refractivity contribution < 1.29 is 4.79 Å². The quantitative estimate of drug-likeness (QED) is 0.924. The lowest BCUT2D eigenvalue weighted by atomic mass is 9.88. The molecule has 2 fully saturated rings. The van der Waals surface area contributed by atoms with Gasteiger partial charge in [-0.15, -0.1) is 5.10 Å². The Hall–Kier alpha value is -1.43. The molecule has 0 aliphatic carbocycles. The third kappa shape index (κ3) is 3.57. The largest absolute Gasteiger partial charge is 0.334 e. The number of piperidine rings is 2. The fraction of sp³-hybridized carbons (Fsp3) is 0.824. The van der Waals surface area contributed by atoms with Crippen LogP contribution in [-0.4, -0.2) is 51.5 Å². The van der Waals surface area contributed by atoms with Gasteiger partial charge in [-0.1, -0.05) is 25.5 Å².